The van der Waals surface area contributed by atoms with Gasteiger partial charge in [-0.05, 0) is 74.8 Å². The van der Waals surface area contributed by atoms with E-state index in [4.69, 9.17) is 4.98 Å². The monoisotopic (exact) mass is 449 g/mol. The van der Waals surface area contributed by atoms with Crippen LogP contribution in [-0.2, 0) is 14.4 Å². The zero-order valence-corrected chi connectivity index (χ0v) is 18.5. The molecule has 0 saturated carbocycles. The molecule has 1 aromatic heterocycles. The predicted molar refractivity (Wildman–Crippen MR) is 123 cm³/mol. The summed E-state index contributed by atoms with van der Waals surface area (Å²) in [5, 5.41) is 10.1. The Hall–Kier alpha value is -3.10. The van der Waals surface area contributed by atoms with Crippen molar-refractivity contribution in [3.63, 3.8) is 0 Å². The van der Waals surface area contributed by atoms with Crippen molar-refractivity contribution >= 4 is 45.0 Å². The number of likely N-dealkylation sites (tertiary alicyclic amines) is 1. The van der Waals surface area contributed by atoms with Crippen molar-refractivity contribution in [1.82, 2.24) is 9.88 Å². The first-order chi connectivity index (χ1) is 15.4. The smallest absolute Gasteiger partial charge is 0.306 e. The van der Waals surface area contributed by atoms with Gasteiger partial charge in [-0.15, -0.1) is 11.3 Å². The highest BCUT2D eigenvalue weighted by Gasteiger charge is 2.43. The summed E-state index contributed by atoms with van der Waals surface area (Å²) < 4.78 is 1.13. The number of hydrogen-bond donors (Lipinski definition) is 1. The molecule has 7 nitrogen and oxygen atoms in total. The Balaban J connectivity index is 1.33. The summed E-state index contributed by atoms with van der Waals surface area (Å²) in [6.45, 7) is 3.09. The summed E-state index contributed by atoms with van der Waals surface area (Å²) in [5.41, 5.74) is 3.65. The summed E-state index contributed by atoms with van der Waals surface area (Å²) in [4.78, 5) is 44.9. The van der Waals surface area contributed by atoms with Crippen molar-refractivity contribution in [3.8, 4) is 10.6 Å². The van der Waals surface area contributed by atoms with E-state index in [-0.39, 0.29) is 24.2 Å². The number of hydrogen-bond acceptors (Lipinski definition) is 6. The summed E-state index contributed by atoms with van der Waals surface area (Å²) >= 11 is 1.62. The van der Waals surface area contributed by atoms with Crippen LogP contribution in [0.5, 0.6) is 0 Å². The number of carboxylic acid groups (broad SMARTS) is 1. The molecule has 2 aliphatic heterocycles. The standard InChI is InChI=1S/C24H23N3O4S/c1-14-2-7-18-20(12-14)32-22(25-18)15-3-5-17(6-4-15)27-21(28)13-19(23(27)29)26-10-8-16(9-11-26)24(30)31/h2-7,12,16,19H,8-11,13H2,1H3,(H,30,31)/t19-/m0/s1. The molecule has 2 amide bonds. The molecule has 3 aromatic rings. The van der Waals surface area contributed by atoms with Gasteiger partial charge in [0.1, 0.15) is 5.01 Å². The number of imide groups is 1. The second-order valence-corrected chi connectivity index (χ2v) is 9.50. The molecule has 1 N–H and O–H groups in total. The van der Waals surface area contributed by atoms with E-state index in [1.165, 1.54) is 10.5 Å². The van der Waals surface area contributed by atoms with Crippen LogP contribution in [0.3, 0.4) is 0 Å². The van der Waals surface area contributed by atoms with Gasteiger partial charge in [-0.3, -0.25) is 19.3 Å². The van der Waals surface area contributed by atoms with Crippen LogP contribution in [0.15, 0.2) is 42.5 Å². The largest absolute Gasteiger partial charge is 0.481 e. The van der Waals surface area contributed by atoms with Crippen molar-refractivity contribution in [1.29, 1.82) is 0 Å². The average Bonchev–Trinajstić information content (AvgIpc) is 3.34. The number of carbonyl (C=O) groups excluding carboxylic acids is 2. The molecule has 0 aliphatic carbocycles. The normalized spacial score (nSPS) is 20.4. The van der Waals surface area contributed by atoms with E-state index in [2.05, 4.69) is 13.0 Å². The number of aliphatic carboxylic acids is 1. The molecular formula is C24H23N3O4S. The van der Waals surface area contributed by atoms with Crippen molar-refractivity contribution in [3.05, 3.63) is 48.0 Å². The number of fused-ring (bicyclic) bond motifs is 1. The van der Waals surface area contributed by atoms with Crippen molar-refractivity contribution in [2.24, 2.45) is 5.92 Å². The number of carboxylic acids is 1. The molecule has 3 heterocycles. The summed E-state index contributed by atoms with van der Waals surface area (Å²) in [5.74, 6) is -1.60. The summed E-state index contributed by atoms with van der Waals surface area (Å²) in [7, 11) is 0. The van der Waals surface area contributed by atoms with Gasteiger partial charge in [0.25, 0.3) is 5.91 Å². The van der Waals surface area contributed by atoms with E-state index >= 15 is 0 Å². The number of nitrogens with zero attached hydrogens (tertiary/aromatic N) is 3. The molecule has 2 aromatic carbocycles. The summed E-state index contributed by atoms with van der Waals surface area (Å²) in [6, 6.07) is 13.0. The zero-order valence-electron chi connectivity index (χ0n) is 17.7. The number of benzene rings is 2. The molecule has 2 aliphatic rings. The van der Waals surface area contributed by atoms with Gasteiger partial charge in [-0.1, -0.05) is 6.07 Å². The molecule has 8 heteroatoms. The first-order valence-electron chi connectivity index (χ1n) is 10.7. The van der Waals surface area contributed by atoms with Crippen LogP contribution < -0.4 is 4.90 Å². The Morgan fingerprint density at radius 1 is 1.09 bits per heavy atom. The van der Waals surface area contributed by atoms with Crippen LogP contribution in [0.2, 0.25) is 0 Å². The lowest BCUT2D eigenvalue weighted by molar-refractivity contribution is -0.143. The minimum Gasteiger partial charge on any atom is -0.481 e. The maximum absolute atomic E-state index is 13.1. The third-order valence-corrected chi connectivity index (χ3v) is 7.43. The van der Waals surface area contributed by atoms with Gasteiger partial charge in [0.2, 0.25) is 5.91 Å². The van der Waals surface area contributed by atoms with Gasteiger partial charge in [-0.25, -0.2) is 9.88 Å². The van der Waals surface area contributed by atoms with Gasteiger partial charge in [-0.2, -0.15) is 0 Å². The van der Waals surface area contributed by atoms with Crippen LogP contribution in [0.4, 0.5) is 5.69 Å². The minimum absolute atomic E-state index is 0.134. The second-order valence-electron chi connectivity index (χ2n) is 8.47. The topological polar surface area (TPSA) is 90.8 Å². The first kappa shape index (κ1) is 20.8. The third-order valence-electron chi connectivity index (χ3n) is 6.36. The van der Waals surface area contributed by atoms with Crippen LogP contribution in [0, 0.1) is 12.8 Å². The van der Waals surface area contributed by atoms with Gasteiger partial charge in [0.05, 0.1) is 34.3 Å². The molecule has 5 rings (SSSR count). The van der Waals surface area contributed by atoms with E-state index < -0.39 is 12.0 Å². The number of aryl methyl sites for hydroxylation is 1. The van der Waals surface area contributed by atoms with Crippen molar-refractivity contribution in [2.45, 2.75) is 32.2 Å². The Morgan fingerprint density at radius 3 is 2.50 bits per heavy atom. The lowest BCUT2D eigenvalue weighted by atomic mass is 9.96. The Bertz CT molecular complexity index is 1210. The van der Waals surface area contributed by atoms with E-state index in [0.29, 0.717) is 31.6 Å². The molecule has 0 unspecified atom stereocenters. The van der Waals surface area contributed by atoms with E-state index in [9.17, 15) is 19.5 Å². The molecule has 0 spiro atoms. The van der Waals surface area contributed by atoms with Crippen molar-refractivity contribution < 1.29 is 19.5 Å². The molecule has 2 fully saturated rings. The SMILES string of the molecule is Cc1ccc2nc(-c3ccc(N4C(=O)C[C@H](N5CCC(C(=O)O)CC5)C4=O)cc3)sc2c1. The molecule has 0 radical (unpaired) electrons. The lowest BCUT2D eigenvalue weighted by Crippen LogP contribution is -2.46. The maximum Gasteiger partial charge on any atom is 0.306 e. The van der Waals surface area contributed by atoms with E-state index in [1.807, 2.05) is 29.2 Å². The third kappa shape index (κ3) is 3.69. The van der Waals surface area contributed by atoms with Crippen LogP contribution in [0.25, 0.3) is 20.8 Å². The lowest BCUT2D eigenvalue weighted by Gasteiger charge is -2.33. The zero-order chi connectivity index (χ0) is 22.4. The molecule has 0 bridgehead atoms. The highest BCUT2D eigenvalue weighted by atomic mass is 32.1. The maximum atomic E-state index is 13.1. The van der Waals surface area contributed by atoms with E-state index in [0.717, 1.165) is 20.8 Å². The highest BCUT2D eigenvalue weighted by Crippen LogP contribution is 2.33. The van der Waals surface area contributed by atoms with Crippen LogP contribution >= 0.6 is 11.3 Å². The number of rotatable bonds is 4. The molecule has 164 valence electrons. The Morgan fingerprint density at radius 2 is 1.81 bits per heavy atom. The summed E-state index contributed by atoms with van der Waals surface area (Å²) in [6.07, 6.45) is 1.14. The Labute approximate surface area is 189 Å². The van der Waals surface area contributed by atoms with Gasteiger partial charge in [0, 0.05) is 5.56 Å². The van der Waals surface area contributed by atoms with Crippen LogP contribution in [0.1, 0.15) is 24.8 Å². The van der Waals surface area contributed by atoms with Crippen LogP contribution in [-0.4, -0.2) is 51.9 Å². The van der Waals surface area contributed by atoms with E-state index in [1.54, 1.807) is 23.5 Å². The minimum atomic E-state index is -0.788. The average molecular weight is 450 g/mol. The fourth-order valence-electron chi connectivity index (χ4n) is 4.54. The quantitative estimate of drug-likeness (QED) is 0.611. The number of anilines is 1. The predicted octanol–water partition coefficient (Wildman–Crippen LogP) is 3.70. The number of aromatic nitrogens is 1. The number of thiazole rings is 1. The first-order valence-corrected chi connectivity index (χ1v) is 11.5. The fourth-order valence-corrected chi connectivity index (χ4v) is 5.61. The van der Waals surface area contributed by atoms with Gasteiger partial charge in [0.15, 0.2) is 0 Å². The molecule has 32 heavy (non-hydrogen) atoms. The fraction of sp³-hybridized carbons (Fsp3) is 0.333. The molecule has 1 atom stereocenters. The molecule has 2 saturated heterocycles. The number of amides is 2. The van der Waals surface area contributed by atoms with Crippen molar-refractivity contribution in [2.75, 3.05) is 18.0 Å². The van der Waals surface area contributed by atoms with Gasteiger partial charge < -0.3 is 5.11 Å². The Kier molecular flexibility index (Phi) is 5.27. The highest BCUT2D eigenvalue weighted by molar-refractivity contribution is 7.21. The van der Waals surface area contributed by atoms with Gasteiger partial charge >= 0.3 is 5.97 Å². The number of piperidine rings is 1. The molecular weight excluding hydrogens is 426 g/mol. The second kappa shape index (κ2) is 8.11. The number of carbonyl (C=O) groups is 3.